The highest BCUT2D eigenvalue weighted by Crippen LogP contribution is 2.11. The molecule has 5 nitrogen and oxygen atoms in total. The first-order valence-corrected chi connectivity index (χ1v) is 5.44. The van der Waals surface area contributed by atoms with Crippen LogP contribution in [0.3, 0.4) is 0 Å². The van der Waals surface area contributed by atoms with Gasteiger partial charge in [-0.25, -0.2) is 9.67 Å². The van der Waals surface area contributed by atoms with Crippen LogP contribution < -0.4 is 5.32 Å². The van der Waals surface area contributed by atoms with Gasteiger partial charge in [0.15, 0.2) is 0 Å². The summed E-state index contributed by atoms with van der Waals surface area (Å²) in [5, 5.41) is 6.84. The molecule has 5 heteroatoms. The van der Waals surface area contributed by atoms with Gasteiger partial charge in [-0.2, -0.15) is 5.10 Å². The number of nitrogens with zero attached hydrogens (tertiary/aromatic N) is 3. The molecule has 0 spiro atoms. The van der Waals surface area contributed by atoms with Crippen LogP contribution in [0, 0.1) is 0 Å². The number of hydrogen-bond donors (Lipinski definition) is 1. The van der Waals surface area contributed by atoms with Gasteiger partial charge >= 0.3 is 0 Å². The molecule has 1 aromatic heterocycles. The van der Waals surface area contributed by atoms with Crippen molar-refractivity contribution in [1.29, 1.82) is 0 Å². The zero-order valence-electron chi connectivity index (χ0n) is 9.58. The third kappa shape index (κ3) is 3.14. The first-order chi connectivity index (χ1) is 8.25. The minimum Gasteiger partial charge on any atom is -0.326 e. The molecule has 0 saturated heterocycles. The number of carbonyl (C=O) groups excluding carboxylic acids is 1. The van der Waals surface area contributed by atoms with Crippen LogP contribution in [0.2, 0.25) is 0 Å². The molecule has 88 valence electrons. The Morgan fingerprint density at radius 2 is 2.18 bits per heavy atom. The Kier molecular flexibility index (Phi) is 3.49. The number of para-hydroxylation sites is 1. The minimum atomic E-state index is -0.0285. The second kappa shape index (κ2) is 5.25. The van der Waals surface area contributed by atoms with Crippen molar-refractivity contribution in [3.05, 3.63) is 43.0 Å². The highest BCUT2D eigenvalue weighted by molar-refractivity contribution is 5.90. The zero-order chi connectivity index (χ0) is 12.1. The van der Waals surface area contributed by atoms with Gasteiger partial charge in [0.05, 0.1) is 6.04 Å². The number of aromatic nitrogens is 3. The van der Waals surface area contributed by atoms with E-state index in [4.69, 9.17) is 0 Å². The SMILES string of the molecule is CC(CC(=O)Nc1ccccc1)n1cncn1. The molecule has 0 aliphatic rings. The van der Waals surface area contributed by atoms with E-state index in [0.717, 1.165) is 5.69 Å². The van der Waals surface area contributed by atoms with E-state index in [1.165, 1.54) is 6.33 Å². The largest absolute Gasteiger partial charge is 0.326 e. The van der Waals surface area contributed by atoms with Crippen molar-refractivity contribution in [2.45, 2.75) is 19.4 Å². The maximum Gasteiger partial charge on any atom is 0.226 e. The summed E-state index contributed by atoms with van der Waals surface area (Å²) in [6, 6.07) is 9.40. The third-order valence-corrected chi connectivity index (χ3v) is 2.43. The Bertz CT molecular complexity index is 467. The van der Waals surface area contributed by atoms with Gasteiger partial charge < -0.3 is 5.32 Å². The van der Waals surface area contributed by atoms with Crippen molar-refractivity contribution in [2.24, 2.45) is 0 Å². The summed E-state index contributed by atoms with van der Waals surface area (Å²) in [7, 11) is 0. The van der Waals surface area contributed by atoms with E-state index in [-0.39, 0.29) is 11.9 Å². The Morgan fingerprint density at radius 3 is 2.82 bits per heavy atom. The smallest absolute Gasteiger partial charge is 0.226 e. The van der Waals surface area contributed by atoms with Gasteiger partial charge in [-0.05, 0) is 19.1 Å². The first kappa shape index (κ1) is 11.3. The van der Waals surface area contributed by atoms with Gasteiger partial charge in [0.1, 0.15) is 12.7 Å². The minimum absolute atomic E-state index is 0.00112. The summed E-state index contributed by atoms with van der Waals surface area (Å²) >= 11 is 0. The maximum absolute atomic E-state index is 11.7. The number of amides is 1. The predicted octanol–water partition coefficient (Wildman–Crippen LogP) is 1.87. The lowest BCUT2D eigenvalue weighted by Gasteiger charge is -2.11. The number of carbonyl (C=O) groups is 1. The highest BCUT2D eigenvalue weighted by Gasteiger charge is 2.11. The summed E-state index contributed by atoms with van der Waals surface area (Å²) in [5.41, 5.74) is 0.809. The molecule has 1 heterocycles. The second-order valence-corrected chi connectivity index (χ2v) is 3.84. The van der Waals surface area contributed by atoms with E-state index in [1.54, 1.807) is 11.0 Å². The number of rotatable bonds is 4. The molecule has 17 heavy (non-hydrogen) atoms. The fraction of sp³-hybridized carbons (Fsp3) is 0.250. The molecule has 1 unspecified atom stereocenters. The van der Waals surface area contributed by atoms with E-state index in [0.29, 0.717) is 6.42 Å². The third-order valence-electron chi connectivity index (χ3n) is 2.43. The van der Waals surface area contributed by atoms with Gasteiger partial charge in [-0.15, -0.1) is 0 Å². The Labute approximate surface area is 99.5 Å². The zero-order valence-corrected chi connectivity index (χ0v) is 9.58. The normalized spacial score (nSPS) is 12.1. The summed E-state index contributed by atoms with van der Waals surface area (Å²) in [5.74, 6) is -0.0285. The van der Waals surface area contributed by atoms with Gasteiger partial charge in [0.2, 0.25) is 5.91 Å². The fourth-order valence-electron chi connectivity index (χ4n) is 1.54. The molecule has 2 rings (SSSR count). The topological polar surface area (TPSA) is 59.8 Å². The van der Waals surface area contributed by atoms with Crippen molar-refractivity contribution >= 4 is 11.6 Å². The lowest BCUT2D eigenvalue weighted by Crippen LogP contribution is -2.17. The summed E-state index contributed by atoms with van der Waals surface area (Å²) in [6.07, 6.45) is 3.45. The quantitative estimate of drug-likeness (QED) is 0.872. The molecule has 0 saturated carbocycles. The van der Waals surface area contributed by atoms with Crippen LogP contribution in [0.5, 0.6) is 0 Å². The Balaban J connectivity index is 1.90. The van der Waals surface area contributed by atoms with Crippen molar-refractivity contribution in [2.75, 3.05) is 5.32 Å². The first-order valence-electron chi connectivity index (χ1n) is 5.44. The molecule has 1 amide bonds. The summed E-state index contributed by atoms with van der Waals surface area (Å²) in [4.78, 5) is 15.6. The molecule has 0 fully saturated rings. The highest BCUT2D eigenvalue weighted by atomic mass is 16.1. The van der Waals surface area contributed by atoms with Crippen LogP contribution >= 0.6 is 0 Å². The van der Waals surface area contributed by atoms with Crippen molar-refractivity contribution < 1.29 is 4.79 Å². The van der Waals surface area contributed by atoms with E-state index < -0.39 is 0 Å². The standard InChI is InChI=1S/C12H14N4O/c1-10(16-9-13-8-14-16)7-12(17)15-11-5-3-2-4-6-11/h2-6,8-10H,7H2,1H3,(H,15,17). The average Bonchev–Trinajstić information content (AvgIpc) is 2.83. The van der Waals surface area contributed by atoms with Crippen LogP contribution in [0.4, 0.5) is 5.69 Å². The molecule has 1 N–H and O–H groups in total. The van der Waals surface area contributed by atoms with Crippen molar-refractivity contribution in [3.63, 3.8) is 0 Å². The number of nitrogens with one attached hydrogen (secondary N) is 1. The van der Waals surface area contributed by atoms with Gasteiger partial charge in [-0.3, -0.25) is 4.79 Å². The monoisotopic (exact) mass is 230 g/mol. The summed E-state index contributed by atoms with van der Waals surface area (Å²) in [6.45, 7) is 1.93. The van der Waals surface area contributed by atoms with Crippen molar-refractivity contribution in [1.82, 2.24) is 14.8 Å². The van der Waals surface area contributed by atoms with Gasteiger partial charge in [-0.1, -0.05) is 18.2 Å². The fourth-order valence-corrected chi connectivity index (χ4v) is 1.54. The molecule has 1 atom stereocenters. The molecule has 0 aliphatic carbocycles. The number of hydrogen-bond acceptors (Lipinski definition) is 3. The van der Waals surface area contributed by atoms with Crippen LogP contribution in [0.1, 0.15) is 19.4 Å². The van der Waals surface area contributed by atoms with Gasteiger partial charge in [0.25, 0.3) is 0 Å². The molecular weight excluding hydrogens is 216 g/mol. The van der Waals surface area contributed by atoms with Gasteiger partial charge in [0, 0.05) is 12.1 Å². The van der Waals surface area contributed by atoms with Crippen LogP contribution in [0.25, 0.3) is 0 Å². The Hall–Kier alpha value is -2.17. The lowest BCUT2D eigenvalue weighted by atomic mass is 10.2. The van der Waals surface area contributed by atoms with Crippen LogP contribution in [-0.2, 0) is 4.79 Å². The van der Waals surface area contributed by atoms with E-state index in [1.807, 2.05) is 37.3 Å². The van der Waals surface area contributed by atoms with E-state index >= 15 is 0 Å². The van der Waals surface area contributed by atoms with E-state index in [2.05, 4.69) is 15.4 Å². The summed E-state index contributed by atoms with van der Waals surface area (Å²) < 4.78 is 1.67. The van der Waals surface area contributed by atoms with Crippen LogP contribution in [-0.4, -0.2) is 20.7 Å². The van der Waals surface area contributed by atoms with Crippen LogP contribution in [0.15, 0.2) is 43.0 Å². The lowest BCUT2D eigenvalue weighted by molar-refractivity contribution is -0.116. The molecule has 0 aliphatic heterocycles. The molecule has 1 aromatic carbocycles. The van der Waals surface area contributed by atoms with E-state index in [9.17, 15) is 4.79 Å². The predicted molar refractivity (Wildman–Crippen MR) is 64.4 cm³/mol. The van der Waals surface area contributed by atoms with Crippen molar-refractivity contribution in [3.8, 4) is 0 Å². The molecule has 0 radical (unpaired) electrons. The number of benzene rings is 1. The average molecular weight is 230 g/mol. The number of anilines is 1. The Morgan fingerprint density at radius 1 is 1.41 bits per heavy atom. The maximum atomic E-state index is 11.7. The second-order valence-electron chi connectivity index (χ2n) is 3.84. The molecular formula is C12H14N4O. The molecule has 2 aromatic rings. The molecule has 0 bridgehead atoms.